The maximum absolute atomic E-state index is 12.4. The van der Waals surface area contributed by atoms with Crippen LogP contribution in [0.3, 0.4) is 0 Å². The topological polar surface area (TPSA) is 53.0 Å². The van der Waals surface area contributed by atoms with Crippen LogP contribution < -0.4 is 9.04 Å². The summed E-state index contributed by atoms with van der Waals surface area (Å²) in [6, 6.07) is 13.6. The maximum atomic E-state index is 12.4. The molecule has 2 atom stereocenters. The lowest BCUT2D eigenvalue weighted by molar-refractivity contribution is -0.274. The standard InChI is InChI=1S/C22H23F3N2O3S2/c1-15-19-5-2-3-6-20(19)31-21(15)27(32(28)29)14-17(26-11-4-12-26)13-16-7-9-18(10-8-16)30-22(23,24)25/h2-3,5-10,17H,4,11-14H2,1H3,(H,28,29). The third-order valence-corrected chi connectivity index (χ3v) is 7.77. The van der Waals surface area contributed by atoms with Gasteiger partial charge in [-0.25, -0.2) is 4.21 Å². The number of ether oxygens (including phenoxy) is 1. The molecule has 0 spiro atoms. The summed E-state index contributed by atoms with van der Waals surface area (Å²) >= 11 is -0.723. The molecule has 0 saturated carbocycles. The number of alkyl halides is 3. The Balaban J connectivity index is 1.56. The van der Waals surface area contributed by atoms with E-state index in [0.717, 1.165) is 45.7 Å². The van der Waals surface area contributed by atoms with Crippen LogP contribution in [0.5, 0.6) is 5.75 Å². The normalized spacial score (nSPS) is 16.5. The molecule has 172 valence electrons. The Morgan fingerprint density at radius 1 is 1.19 bits per heavy atom. The minimum absolute atomic E-state index is 0.0566. The monoisotopic (exact) mass is 484 g/mol. The first-order valence-electron chi connectivity index (χ1n) is 10.2. The van der Waals surface area contributed by atoms with Crippen molar-refractivity contribution in [3.63, 3.8) is 0 Å². The van der Waals surface area contributed by atoms with E-state index in [0.29, 0.717) is 13.0 Å². The summed E-state index contributed by atoms with van der Waals surface area (Å²) in [5.41, 5.74) is 1.80. The van der Waals surface area contributed by atoms with Crippen molar-refractivity contribution in [3.05, 3.63) is 59.7 Å². The second kappa shape index (κ2) is 9.38. The van der Waals surface area contributed by atoms with Crippen molar-refractivity contribution in [3.8, 4) is 5.75 Å². The summed E-state index contributed by atoms with van der Waals surface area (Å²) in [4.78, 5) is 2.24. The number of anilines is 1. The molecule has 1 fully saturated rings. The van der Waals surface area contributed by atoms with Gasteiger partial charge in [0.25, 0.3) is 11.3 Å². The van der Waals surface area contributed by atoms with Crippen LogP contribution in [0.15, 0.2) is 48.5 Å². The number of thiophene rings is 1. The quantitative estimate of drug-likeness (QED) is 0.437. The zero-order chi connectivity index (χ0) is 22.9. The van der Waals surface area contributed by atoms with Crippen molar-refractivity contribution >= 4 is 37.7 Å². The van der Waals surface area contributed by atoms with Crippen LogP contribution in [0, 0.1) is 6.92 Å². The molecular weight excluding hydrogens is 461 g/mol. The van der Waals surface area contributed by atoms with Gasteiger partial charge in [-0.2, -0.15) is 0 Å². The van der Waals surface area contributed by atoms with E-state index in [2.05, 4.69) is 9.64 Å². The summed E-state index contributed by atoms with van der Waals surface area (Å²) in [5.74, 6) is -0.263. The highest BCUT2D eigenvalue weighted by atomic mass is 32.2. The molecule has 2 heterocycles. The van der Waals surface area contributed by atoms with Gasteiger partial charge in [-0.15, -0.1) is 24.5 Å². The van der Waals surface area contributed by atoms with Crippen LogP contribution >= 0.6 is 11.3 Å². The van der Waals surface area contributed by atoms with Crippen LogP contribution in [0.4, 0.5) is 18.2 Å². The molecule has 1 N–H and O–H groups in total. The van der Waals surface area contributed by atoms with Crippen LogP contribution in [0.25, 0.3) is 10.1 Å². The van der Waals surface area contributed by atoms with Gasteiger partial charge in [0, 0.05) is 10.7 Å². The molecule has 2 unspecified atom stereocenters. The van der Waals surface area contributed by atoms with Crippen molar-refractivity contribution in [2.45, 2.75) is 32.2 Å². The largest absolute Gasteiger partial charge is 0.573 e. The van der Waals surface area contributed by atoms with Gasteiger partial charge in [0.1, 0.15) is 10.8 Å². The lowest BCUT2D eigenvalue weighted by Crippen LogP contribution is -2.51. The third-order valence-electron chi connectivity index (χ3n) is 5.65. The van der Waals surface area contributed by atoms with Crippen LogP contribution in [0.2, 0.25) is 0 Å². The zero-order valence-electron chi connectivity index (χ0n) is 17.3. The molecular formula is C22H23F3N2O3S2. The second-order valence-electron chi connectivity index (χ2n) is 7.76. The first-order valence-corrected chi connectivity index (χ1v) is 12.0. The van der Waals surface area contributed by atoms with E-state index in [1.54, 1.807) is 12.1 Å². The Bertz CT molecular complexity index is 1100. The Labute approximate surface area is 190 Å². The number of aryl methyl sites for hydroxylation is 1. The lowest BCUT2D eigenvalue weighted by atomic mass is 10.0. The van der Waals surface area contributed by atoms with E-state index in [1.165, 1.54) is 27.8 Å². The summed E-state index contributed by atoms with van der Waals surface area (Å²) in [5, 5.41) is 1.81. The molecule has 10 heteroatoms. The minimum atomic E-state index is -4.73. The molecule has 0 radical (unpaired) electrons. The zero-order valence-corrected chi connectivity index (χ0v) is 19.0. The number of hydrogen-bond donors (Lipinski definition) is 1. The van der Waals surface area contributed by atoms with Gasteiger partial charge in [0.15, 0.2) is 0 Å². The van der Waals surface area contributed by atoms with E-state index in [1.807, 2.05) is 31.2 Å². The van der Waals surface area contributed by atoms with Gasteiger partial charge >= 0.3 is 6.36 Å². The van der Waals surface area contributed by atoms with Gasteiger partial charge in [-0.05, 0) is 67.6 Å². The molecule has 5 nitrogen and oxygen atoms in total. The Kier molecular flexibility index (Phi) is 6.75. The van der Waals surface area contributed by atoms with E-state index in [4.69, 9.17) is 0 Å². The summed E-state index contributed by atoms with van der Waals surface area (Å²) in [6.45, 7) is 4.05. The first-order chi connectivity index (χ1) is 15.2. The minimum Gasteiger partial charge on any atom is -0.406 e. The number of halogens is 3. The van der Waals surface area contributed by atoms with E-state index in [-0.39, 0.29) is 11.8 Å². The van der Waals surface area contributed by atoms with E-state index >= 15 is 0 Å². The molecule has 3 aromatic rings. The van der Waals surface area contributed by atoms with E-state index in [9.17, 15) is 21.9 Å². The van der Waals surface area contributed by atoms with Crippen molar-refractivity contribution in [1.82, 2.24) is 4.90 Å². The van der Waals surface area contributed by atoms with Crippen molar-refractivity contribution in [2.75, 3.05) is 23.9 Å². The van der Waals surface area contributed by atoms with Gasteiger partial charge in [-0.3, -0.25) is 13.8 Å². The van der Waals surface area contributed by atoms with Crippen LogP contribution in [0.1, 0.15) is 17.5 Å². The highest BCUT2D eigenvalue weighted by Crippen LogP contribution is 2.38. The molecule has 0 aliphatic carbocycles. The molecule has 1 aromatic heterocycles. The summed E-state index contributed by atoms with van der Waals surface area (Å²) < 4.78 is 66.2. The molecule has 1 saturated heterocycles. The fourth-order valence-electron chi connectivity index (χ4n) is 3.92. The van der Waals surface area contributed by atoms with Gasteiger partial charge in [-0.1, -0.05) is 30.3 Å². The molecule has 2 aromatic carbocycles. The number of benzene rings is 2. The fraction of sp³-hybridized carbons (Fsp3) is 0.364. The fourth-order valence-corrected chi connectivity index (χ4v) is 5.93. The lowest BCUT2D eigenvalue weighted by Gasteiger charge is -2.40. The maximum Gasteiger partial charge on any atom is 0.573 e. The number of nitrogens with zero attached hydrogens (tertiary/aromatic N) is 2. The van der Waals surface area contributed by atoms with Gasteiger partial charge in [0.05, 0.1) is 6.54 Å². The highest BCUT2D eigenvalue weighted by Gasteiger charge is 2.32. The smallest absolute Gasteiger partial charge is 0.406 e. The molecule has 4 rings (SSSR count). The number of hydrogen-bond acceptors (Lipinski definition) is 4. The first kappa shape index (κ1) is 23.0. The van der Waals surface area contributed by atoms with E-state index < -0.39 is 17.6 Å². The van der Waals surface area contributed by atoms with Gasteiger partial charge in [0.2, 0.25) is 0 Å². The SMILES string of the molecule is Cc1c(N(CC(Cc2ccc(OC(F)(F)F)cc2)N2CCC2)S(=O)O)sc2ccccc12. The predicted octanol–water partition coefficient (Wildman–Crippen LogP) is 5.37. The highest BCUT2D eigenvalue weighted by molar-refractivity contribution is 7.81. The van der Waals surface area contributed by atoms with Crippen LogP contribution in [-0.4, -0.2) is 45.7 Å². The Morgan fingerprint density at radius 3 is 2.44 bits per heavy atom. The Morgan fingerprint density at radius 2 is 1.88 bits per heavy atom. The molecule has 1 aliphatic heterocycles. The number of likely N-dealkylation sites (tertiary alicyclic amines) is 1. The van der Waals surface area contributed by atoms with Gasteiger partial charge < -0.3 is 4.74 Å². The summed E-state index contributed by atoms with van der Waals surface area (Å²) in [7, 11) is 0. The average Bonchev–Trinajstić information content (AvgIpc) is 3.01. The molecule has 0 amide bonds. The van der Waals surface area contributed by atoms with Crippen molar-refractivity contribution < 1.29 is 26.7 Å². The molecule has 1 aliphatic rings. The Hall–Kier alpha value is -2.14. The van der Waals surface area contributed by atoms with Crippen molar-refractivity contribution in [1.29, 1.82) is 0 Å². The predicted molar refractivity (Wildman–Crippen MR) is 121 cm³/mol. The third kappa shape index (κ3) is 5.25. The second-order valence-corrected chi connectivity index (χ2v) is 9.69. The van der Waals surface area contributed by atoms with Crippen LogP contribution in [-0.2, 0) is 17.7 Å². The summed E-state index contributed by atoms with van der Waals surface area (Å²) in [6.07, 6.45) is -3.13. The number of fused-ring (bicyclic) bond motifs is 1. The van der Waals surface area contributed by atoms with Crippen molar-refractivity contribution in [2.24, 2.45) is 0 Å². The number of rotatable bonds is 8. The molecule has 32 heavy (non-hydrogen) atoms. The molecule has 0 bridgehead atoms. The average molecular weight is 485 g/mol.